The number of phenolic OH excluding ortho intramolecular Hbond substituents is 1. The molecule has 1 N–H and O–H groups in total. The van der Waals surface area contributed by atoms with Gasteiger partial charge < -0.3 is 5.11 Å². The van der Waals surface area contributed by atoms with E-state index in [1.165, 1.54) is 5.56 Å². The van der Waals surface area contributed by atoms with E-state index in [9.17, 15) is 5.11 Å². The molecule has 0 aliphatic rings. The van der Waals surface area contributed by atoms with Crippen molar-refractivity contribution in [3.63, 3.8) is 0 Å². The van der Waals surface area contributed by atoms with Crippen LogP contribution in [0.5, 0.6) is 5.75 Å². The molecule has 0 amide bonds. The molecule has 1 heterocycles. The van der Waals surface area contributed by atoms with Gasteiger partial charge in [0.15, 0.2) is 11.6 Å². The summed E-state index contributed by atoms with van der Waals surface area (Å²) in [7, 11) is 0. The van der Waals surface area contributed by atoms with E-state index < -0.39 is 0 Å². The SMILES string of the molecule is CCCn1nc(/C=C/c2ccccc2C)nc1-c1ccccc1O. The van der Waals surface area contributed by atoms with Gasteiger partial charge in [-0.25, -0.2) is 9.67 Å². The average Bonchev–Trinajstić information content (AvgIpc) is 2.98. The Bertz CT molecular complexity index is 865. The Morgan fingerprint density at radius 1 is 1.04 bits per heavy atom. The number of hydrogen-bond acceptors (Lipinski definition) is 3. The minimum Gasteiger partial charge on any atom is -0.507 e. The molecule has 4 heteroatoms. The molecule has 1 aromatic heterocycles. The molecule has 0 fully saturated rings. The van der Waals surface area contributed by atoms with Crippen LogP contribution >= 0.6 is 0 Å². The van der Waals surface area contributed by atoms with E-state index in [1.54, 1.807) is 12.1 Å². The van der Waals surface area contributed by atoms with Crippen LogP contribution in [0.15, 0.2) is 48.5 Å². The fourth-order valence-corrected chi connectivity index (χ4v) is 2.60. The molecule has 0 unspecified atom stereocenters. The van der Waals surface area contributed by atoms with Gasteiger partial charge in [0, 0.05) is 6.54 Å². The Morgan fingerprint density at radius 3 is 2.54 bits per heavy atom. The second-order valence-corrected chi connectivity index (χ2v) is 5.72. The zero-order chi connectivity index (χ0) is 16.9. The van der Waals surface area contributed by atoms with Crippen LogP contribution in [0.25, 0.3) is 23.5 Å². The fourth-order valence-electron chi connectivity index (χ4n) is 2.60. The zero-order valence-electron chi connectivity index (χ0n) is 14.0. The summed E-state index contributed by atoms with van der Waals surface area (Å²) in [4.78, 5) is 4.61. The van der Waals surface area contributed by atoms with Gasteiger partial charge in [-0.1, -0.05) is 49.4 Å². The van der Waals surface area contributed by atoms with Crippen LogP contribution in [0.3, 0.4) is 0 Å². The summed E-state index contributed by atoms with van der Waals surface area (Å²) in [6.45, 7) is 4.93. The maximum atomic E-state index is 10.1. The van der Waals surface area contributed by atoms with Crippen molar-refractivity contribution in [2.75, 3.05) is 0 Å². The smallest absolute Gasteiger partial charge is 0.174 e. The molecule has 0 saturated carbocycles. The van der Waals surface area contributed by atoms with Gasteiger partial charge >= 0.3 is 0 Å². The molecular weight excluding hydrogens is 298 g/mol. The van der Waals surface area contributed by atoms with Crippen LogP contribution in [0.1, 0.15) is 30.3 Å². The highest BCUT2D eigenvalue weighted by Gasteiger charge is 2.13. The third-order valence-electron chi connectivity index (χ3n) is 3.87. The Kier molecular flexibility index (Phi) is 4.75. The highest BCUT2D eigenvalue weighted by atomic mass is 16.3. The quantitative estimate of drug-likeness (QED) is 0.751. The molecule has 4 nitrogen and oxygen atoms in total. The van der Waals surface area contributed by atoms with Crippen LogP contribution in [-0.4, -0.2) is 19.9 Å². The molecule has 0 aliphatic heterocycles. The van der Waals surface area contributed by atoms with Crippen molar-refractivity contribution in [1.82, 2.24) is 14.8 Å². The predicted molar refractivity (Wildman–Crippen MR) is 97.5 cm³/mol. The molecule has 0 radical (unpaired) electrons. The molecule has 0 atom stereocenters. The summed E-state index contributed by atoms with van der Waals surface area (Å²) in [6, 6.07) is 15.4. The first kappa shape index (κ1) is 16.0. The van der Waals surface area contributed by atoms with Crippen LogP contribution in [0.2, 0.25) is 0 Å². The van der Waals surface area contributed by atoms with Crippen molar-refractivity contribution >= 4 is 12.2 Å². The van der Waals surface area contributed by atoms with Crippen LogP contribution < -0.4 is 0 Å². The summed E-state index contributed by atoms with van der Waals surface area (Å²) in [5, 5.41) is 14.7. The number of aryl methyl sites for hydroxylation is 2. The van der Waals surface area contributed by atoms with Gasteiger partial charge in [0.2, 0.25) is 0 Å². The summed E-state index contributed by atoms with van der Waals surface area (Å²) >= 11 is 0. The summed E-state index contributed by atoms with van der Waals surface area (Å²) in [5.41, 5.74) is 3.06. The third-order valence-corrected chi connectivity index (χ3v) is 3.87. The molecule has 0 saturated heterocycles. The first-order valence-electron chi connectivity index (χ1n) is 8.16. The lowest BCUT2D eigenvalue weighted by Gasteiger charge is -2.05. The maximum absolute atomic E-state index is 10.1. The van der Waals surface area contributed by atoms with Crippen LogP contribution in [0, 0.1) is 6.92 Å². The van der Waals surface area contributed by atoms with E-state index >= 15 is 0 Å². The Balaban J connectivity index is 1.97. The lowest BCUT2D eigenvalue weighted by molar-refractivity contribution is 0.475. The molecule has 0 aliphatic carbocycles. The number of phenols is 1. The third kappa shape index (κ3) is 3.38. The summed E-state index contributed by atoms with van der Waals surface area (Å²) in [5.74, 6) is 1.56. The fraction of sp³-hybridized carbons (Fsp3) is 0.200. The van der Waals surface area contributed by atoms with E-state index in [4.69, 9.17) is 0 Å². The monoisotopic (exact) mass is 319 g/mol. The number of aromatic nitrogens is 3. The van der Waals surface area contributed by atoms with Crippen molar-refractivity contribution in [1.29, 1.82) is 0 Å². The first-order chi connectivity index (χ1) is 11.7. The van der Waals surface area contributed by atoms with Gasteiger partial charge in [-0.05, 0) is 42.7 Å². The molecule has 122 valence electrons. The van der Waals surface area contributed by atoms with Gasteiger partial charge in [0.25, 0.3) is 0 Å². The topological polar surface area (TPSA) is 50.9 Å². The Labute approximate surface area is 142 Å². The lowest BCUT2D eigenvalue weighted by atomic mass is 10.1. The Morgan fingerprint density at radius 2 is 1.79 bits per heavy atom. The number of aromatic hydroxyl groups is 1. The summed E-state index contributed by atoms with van der Waals surface area (Å²) < 4.78 is 1.85. The molecule has 24 heavy (non-hydrogen) atoms. The largest absolute Gasteiger partial charge is 0.507 e. The minimum absolute atomic E-state index is 0.219. The normalized spacial score (nSPS) is 11.2. The number of nitrogens with zero attached hydrogens (tertiary/aromatic N) is 3. The standard InChI is InChI=1S/C20H21N3O/c1-3-14-23-20(17-10-6-7-11-18(17)24)21-19(22-23)13-12-16-9-5-4-8-15(16)2/h4-13,24H,3,14H2,1-2H3/b13-12+. The van der Waals surface area contributed by atoms with E-state index in [0.717, 1.165) is 18.5 Å². The van der Waals surface area contributed by atoms with E-state index in [2.05, 4.69) is 36.1 Å². The minimum atomic E-state index is 0.219. The van der Waals surface area contributed by atoms with Crippen molar-refractivity contribution in [2.45, 2.75) is 26.8 Å². The first-order valence-corrected chi connectivity index (χ1v) is 8.16. The second kappa shape index (κ2) is 7.13. The van der Waals surface area contributed by atoms with Gasteiger partial charge in [-0.2, -0.15) is 5.10 Å². The van der Waals surface area contributed by atoms with Gasteiger partial charge in [0.05, 0.1) is 5.56 Å². The highest BCUT2D eigenvalue weighted by molar-refractivity contribution is 5.70. The number of para-hydroxylation sites is 1. The number of hydrogen-bond donors (Lipinski definition) is 1. The molecule has 3 rings (SSSR count). The Hall–Kier alpha value is -2.88. The van der Waals surface area contributed by atoms with Crippen molar-refractivity contribution in [2.24, 2.45) is 0 Å². The van der Waals surface area contributed by atoms with E-state index in [1.807, 2.05) is 41.1 Å². The molecular formula is C20H21N3O. The summed E-state index contributed by atoms with van der Waals surface area (Å²) in [6.07, 6.45) is 4.89. The van der Waals surface area contributed by atoms with Gasteiger partial charge in [-0.15, -0.1) is 0 Å². The van der Waals surface area contributed by atoms with Crippen molar-refractivity contribution in [3.8, 4) is 17.1 Å². The number of rotatable bonds is 5. The predicted octanol–water partition coefficient (Wildman–Crippen LogP) is 4.54. The number of benzene rings is 2. The van der Waals surface area contributed by atoms with Crippen LogP contribution in [-0.2, 0) is 6.54 Å². The maximum Gasteiger partial charge on any atom is 0.174 e. The average molecular weight is 319 g/mol. The van der Waals surface area contributed by atoms with Gasteiger partial charge in [0.1, 0.15) is 5.75 Å². The van der Waals surface area contributed by atoms with E-state index in [0.29, 0.717) is 17.2 Å². The van der Waals surface area contributed by atoms with Crippen molar-refractivity contribution in [3.05, 3.63) is 65.5 Å². The zero-order valence-corrected chi connectivity index (χ0v) is 14.0. The second-order valence-electron chi connectivity index (χ2n) is 5.72. The van der Waals surface area contributed by atoms with E-state index in [-0.39, 0.29) is 5.75 Å². The molecule has 0 spiro atoms. The molecule has 0 bridgehead atoms. The van der Waals surface area contributed by atoms with Gasteiger partial charge in [-0.3, -0.25) is 0 Å². The molecule has 2 aromatic carbocycles. The van der Waals surface area contributed by atoms with Crippen LogP contribution in [0.4, 0.5) is 0 Å². The highest BCUT2D eigenvalue weighted by Crippen LogP contribution is 2.27. The molecule has 3 aromatic rings. The van der Waals surface area contributed by atoms with Crippen molar-refractivity contribution < 1.29 is 5.11 Å². The lowest BCUT2D eigenvalue weighted by Crippen LogP contribution is -2.02.